The standard InChI is InChI=1S/C15H14F3N/c1-11-5-7-14(8-6-11)19-10-12-3-2-4-13(9-12)15(16,17)18/h2-9,19H,10H2,1H3. The van der Waals surface area contributed by atoms with Crippen LogP contribution in [0.3, 0.4) is 0 Å². The fourth-order valence-corrected chi connectivity index (χ4v) is 1.73. The summed E-state index contributed by atoms with van der Waals surface area (Å²) in [5, 5.41) is 3.10. The first-order valence-corrected chi connectivity index (χ1v) is 5.92. The molecule has 2 rings (SSSR count). The van der Waals surface area contributed by atoms with Crippen LogP contribution in [0.5, 0.6) is 0 Å². The minimum atomic E-state index is -4.29. The summed E-state index contributed by atoms with van der Waals surface area (Å²) < 4.78 is 37.7. The van der Waals surface area contributed by atoms with Gasteiger partial charge in [-0.15, -0.1) is 0 Å². The van der Waals surface area contributed by atoms with E-state index in [9.17, 15) is 13.2 Å². The maximum Gasteiger partial charge on any atom is 0.416 e. The van der Waals surface area contributed by atoms with Crippen molar-refractivity contribution < 1.29 is 13.2 Å². The summed E-state index contributed by atoms with van der Waals surface area (Å²) in [6.07, 6.45) is -4.29. The minimum Gasteiger partial charge on any atom is -0.381 e. The molecule has 0 amide bonds. The van der Waals surface area contributed by atoms with Gasteiger partial charge in [0.15, 0.2) is 0 Å². The molecule has 0 aliphatic rings. The summed E-state index contributed by atoms with van der Waals surface area (Å²) in [5.74, 6) is 0. The molecule has 0 unspecified atom stereocenters. The molecule has 0 aliphatic heterocycles. The van der Waals surface area contributed by atoms with Crippen LogP contribution in [-0.2, 0) is 12.7 Å². The number of aryl methyl sites for hydroxylation is 1. The molecule has 0 aromatic heterocycles. The number of hydrogen-bond donors (Lipinski definition) is 1. The van der Waals surface area contributed by atoms with Gasteiger partial charge in [-0.3, -0.25) is 0 Å². The van der Waals surface area contributed by atoms with Crippen molar-refractivity contribution >= 4 is 5.69 Å². The molecular weight excluding hydrogens is 251 g/mol. The van der Waals surface area contributed by atoms with Crippen molar-refractivity contribution in [3.63, 3.8) is 0 Å². The normalized spacial score (nSPS) is 11.4. The Morgan fingerprint density at radius 1 is 1.00 bits per heavy atom. The molecule has 0 bridgehead atoms. The van der Waals surface area contributed by atoms with Gasteiger partial charge in [-0.2, -0.15) is 13.2 Å². The van der Waals surface area contributed by atoms with Crippen molar-refractivity contribution in [1.29, 1.82) is 0 Å². The summed E-state index contributed by atoms with van der Waals surface area (Å²) in [6, 6.07) is 13.1. The van der Waals surface area contributed by atoms with Crippen LogP contribution >= 0.6 is 0 Å². The second kappa shape index (κ2) is 5.34. The zero-order valence-electron chi connectivity index (χ0n) is 10.5. The second-order valence-electron chi connectivity index (χ2n) is 4.42. The van der Waals surface area contributed by atoms with Crippen LogP contribution in [-0.4, -0.2) is 0 Å². The Balaban J connectivity index is 2.05. The van der Waals surface area contributed by atoms with E-state index < -0.39 is 11.7 Å². The van der Waals surface area contributed by atoms with Crippen LogP contribution in [0.15, 0.2) is 48.5 Å². The Bertz CT molecular complexity index is 544. The Morgan fingerprint density at radius 2 is 1.68 bits per heavy atom. The molecular formula is C15H14F3N. The molecule has 2 aromatic rings. The van der Waals surface area contributed by atoms with Crippen molar-refractivity contribution in [2.45, 2.75) is 19.6 Å². The van der Waals surface area contributed by atoms with Crippen molar-refractivity contribution in [2.75, 3.05) is 5.32 Å². The molecule has 0 spiro atoms. The molecule has 0 atom stereocenters. The number of rotatable bonds is 3. The predicted molar refractivity (Wildman–Crippen MR) is 69.9 cm³/mol. The highest BCUT2D eigenvalue weighted by atomic mass is 19.4. The van der Waals surface area contributed by atoms with Gasteiger partial charge in [0, 0.05) is 12.2 Å². The van der Waals surface area contributed by atoms with Crippen LogP contribution in [0.25, 0.3) is 0 Å². The largest absolute Gasteiger partial charge is 0.416 e. The number of benzene rings is 2. The molecule has 0 saturated carbocycles. The SMILES string of the molecule is Cc1ccc(NCc2cccc(C(F)(F)F)c2)cc1. The van der Waals surface area contributed by atoms with Crippen molar-refractivity contribution in [2.24, 2.45) is 0 Å². The Labute approximate surface area is 110 Å². The molecule has 0 radical (unpaired) electrons. The molecule has 0 fully saturated rings. The number of halogens is 3. The van der Waals surface area contributed by atoms with Gasteiger partial charge in [0.25, 0.3) is 0 Å². The van der Waals surface area contributed by atoms with Gasteiger partial charge in [-0.25, -0.2) is 0 Å². The molecule has 0 heterocycles. The molecule has 1 nitrogen and oxygen atoms in total. The average Bonchev–Trinajstić information content (AvgIpc) is 2.37. The summed E-state index contributed by atoms with van der Waals surface area (Å²) in [7, 11) is 0. The predicted octanol–water partition coefficient (Wildman–Crippen LogP) is 4.63. The van der Waals surface area contributed by atoms with Gasteiger partial charge in [-0.05, 0) is 36.8 Å². The van der Waals surface area contributed by atoms with Crippen molar-refractivity contribution in [1.82, 2.24) is 0 Å². The summed E-state index contributed by atoms with van der Waals surface area (Å²) in [4.78, 5) is 0. The van der Waals surface area contributed by atoms with Gasteiger partial charge in [0.1, 0.15) is 0 Å². The van der Waals surface area contributed by atoms with Gasteiger partial charge >= 0.3 is 6.18 Å². The molecule has 100 valence electrons. The highest BCUT2D eigenvalue weighted by Crippen LogP contribution is 2.29. The molecule has 19 heavy (non-hydrogen) atoms. The third-order valence-electron chi connectivity index (χ3n) is 2.80. The third-order valence-corrected chi connectivity index (χ3v) is 2.80. The lowest BCUT2D eigenvalue weighted by Crippen LogP contribution is -2.06. The number of anilines is 1. The average molecular weight is 265 g/mol. The highest BCUT2D eigenvalue weighted by Gasteiger charge is 2.30. The lowest BCUT2D eigenvalue weighted by molar-refractivity contribution is -0.137. The zero-order chi connectivity index (χ0) is 13.9. The maximum absolute atomic E-state index is 12.6. The highest BCUT2D eigenvalue weighted by molar-refractivity contribution is 5.45. The molecule has 4 heteroatoms. The number of alkyl halides is 3. The summed E-state index contributed by atoms with van der Waals surface area (Å²) >= 11 is 0. The van der Waals surface area contributed by atoms with E-state index in [1.54, 1.807) is 6.07 Å². The topological polar surface area (TPSA) is 12.0 Å². The fraction of sp³-hybridized carbons (Fsp3) is 0.200. The first-order valence-electron chi connectivity index (χ1n) is 5.92. The first kappa shape index (κ1) is 13.5. The lowest BCUT2D eigenvalue weighted by Gasteiger charge is -2.10. The van der Waals surface area contributed by atoms with Gasteiger partial charge < -0.3 is 5.32 Å². The van der Waals surface area contributed by atoms with Crippen molar-refractivity contribution in [3.05, 3.63) is 65.2 Å². The van der Waals surface area contributed by atoms with Crippen molar-refractivity contribution in [3.8, 4) is 0 Å². The van der Waals surface area contributed by atoms with E-state index in [2.05, 4.69) is 5.32 Å². The molecule has 0 saturated heterocycles. The smallest absolute Gasteiger partial charge is 0.381 e. The van der Waals surface area contributed by atoms with E-state index in [0.717, 1.165) is 17.3 Å². The van der Waals surface area contributed by atoms with E-state index in [-0.39, 0.29) is 0 Å². The van der Waals surface area contributed by atoms with Crippen LogP contribution in [0.2, 0.25) is 0 Å². The quantitative estimate of drug-likeness (QED) is 0.853. The second-order valence-corrected chi connectivity index (χ2v) is 4.42. The van der Waals surface area contributed by atoms with E-state index in [1.807, 2.05) is 31.2 Å². The Kier molecular flexibility index (Phi) is 3.79. The lowest BCUT2D eigenvalue weighted by atomic mass is 10.1. The third kappa shape index (κ3) is 3.74. The van der Waals surface area contributed by atoms with E-state index in [4.69, 9.17) is 0 Å². The number of hydrogen-bond acceptors (Lipinski definition) is 1. The summed E-state index contributed by atoms with van der Waals surface area (Å²) in [5.41, 5.74) is 2.03. The van der Waals surface area contributed by atoms with Crippen LogP contribution in [0.4, 0.5) is 18.9 Å². The molecule has 2 aromatic carbocycles. The minimum absolute atomic E-state index is 0.368. The Hall–Kier alpha value is -1.97. The van der Waals surface area contributed by atoms with Crippen LogP contribution in [0.1, 0.15) is 16.7 Å². The van der Waals surface area contributed by atoms with Gasteiger partial charge in [-0.1, -0.05) is 29.8 Å². The maximum atomic E-state index is 12.6. The van der Waals surface area contributed by atoms with Gasteiger partial charge in [0.2, 0.25) is 0 Å². The zero-order valence-corrected chi connectivity index (χ0v) is 10.5. The molecule has 1 N–H and O–H groups in total. The van der Waals surface area contributed by atoms with E-state index >= 15 is 0 Å². The summed E-state index contributed by atoms with van der Waals surface area (Å²) in [6.45, 7) is 2.35. The Morgan fingerprint density at radius 3 is 2.32 bits per heavy atom. The van der Waals surface area contributed by atoms with Crippen LogP contribution < -0.4 is 5.32 Å². The van der Waals surface area contributed by atoms with E-state index in [1.165, 1.54) is 12.1 Å². The molecule has 0 aliphatic carbocycles. The van der Waals surface area contributed by atoms with Gasteiger partial charge in [0.05, 0.1) is 5.56 Å². The fourth-order valence-electron chi connectivity index (χ4n) is 1.73. The number of nitrogens with one attached hydrogen (secondary N) is 1. The van der Waals surface area contributed by atoms with E-state index in [0.29, 0.717) is 12.1 Å². The van der Waals surface area contributed by atoms with Crippen LogP contribution in [0, 0.1) is 6.92 Å². The first-order chi connectivity index (χ1) is 8.95. The monoisotopic (exact) mass is 265 g/mol.